The van der Waals surface area contributed by atoms with Crippen LogP contribution in [-0.4, -0.2) is 19.4 Å². The van der Waals surface area contributed by atoms with Crippen LogP contribution in [0.2, 0.25) is 0 Å². The van der Waals surface area contributed by atoms with Crippen molar-refractivity contribution in [3.05, 3.63) is 46.5 Å². The molecule has 4 heterocycles. The number of nitrogens with one attached hydrogen (secondary N) is 1. The topological polar surface area (TPSA) is 55.1 Å². The van der Waals surface area contributed by atoms with Crippen molar-refractivity contribution < 1.29 is 0 Å². The lowest BCUT2D eigenvalue weighted by molar-refractivity contribution is 1.10. The van der Waals surface area contributed by atoms with Crippen LogP contribution in [0, 0.1) is 6.92 Å². The molecule has 0 aliphatic heterocycles. The average molecular weight is 341 g/mol. The second-order valence-corrected chi connectivity index (χ2v) is 6.90. The number of aryl methyl sites for hydroxylation is 2. The SMILES string of the molecule is CCc1ccc(Nc2nc(-c3c(C)nc4sccn34)cs2)nc1. The Morgan fingerprint density at radius 1 is 1.22 bits per heavy atom. The molecular formula is C16H15N5S2. The summed E-state index contributed by atoms with van der Waals surface area (Å²) in [6, 6.07) is 4.07. The van der Waals surface area contributed by atoms with Gasteiger partial charge in [-0.2, -0.15) is 0 Å². The summed E-state index contributed by atoms with van der Waals surface area (Å²) in [5.41, 5.74) is 4.22. The highest BCUT2D eigenvalue weighted by Gasteiger charge is 2.15. The smallest absolute Gasteiger partial charge is 0.194 e. The Bertz CT molecular complexity index is 949. The van der Waals surface area contributed by atoms with E-state index in [0.29, 0.717) is 0 Å². The number of nitrogens with zero attached hydrogens (tertiary/aromatic N) is 4. The first kappa shape index (κ1) is 14.3. The molecule has 0 fully saturated rings. The van der Waals surface area contributed by atoms with Crippen molar-refractivity contribution in [2.45, 2.75) is 20.3 Å². The molecule has 5 nitrogen and oxygen atoms in total. The minimum Gasteiger partial charge on any atom is -0.316 e. The van der Waals surface area contributed by atoms with Gasteiger partial charge >= 0.3 is 0 Å². The Hall–Kier alpha value is -2.25. The molecule has 23 heavy (non-hydrogen) atoms. The third-order valence-corrected chi connectivity index (χ3v) is 5.17. The van der Waals surface area contributed by atoms with Gasteiger partial charge in [0.2, 0.25) is 0 Å². The number of fused-ring (bicyclic) bond motifs is 1. The van der Waals surface area contributed by atoms with Gasteiger partial charge < -0.3 is 5.32 Å². The Balaban J connectivity index is 1.63. The number of imidazole rings is 1. The second kappa shape index (κ2) is 5.75. The average Bonchev–Trinajstić information content (AvgIpc) is 3.24. The van der Waals surface area contributed by atoms with Crippen LogP contribution in [0.1, 0.15) is 18.2 Å². The molecule has 0 aromatic carbocycles. The maximum atomic E-state index is 4.69. The van der Waals surface area contributed by atoms with Gasteiger partial charge in [-0.3, -0.25) is 4.40 Å². The zero-order valence-corrected chi connectivity index (χ0v) is 14.4. The van der Waals surface area contributed by atoms with Gasteiger partial charge in [0.1, 0.15) is 11.5 Å². The number of rotatable bonds is 4. The van der Waals surface area contributed by atoms with Crippen molar-refractivity contribution in [2.75, 3.05) is 5.32 Å². The number of hydrogen-bond acceptors (Lipinski definition) is 6. The molecule has 0 unspecified atom stereocenters. The summed E-state index contributed by atoms with van der Waals surface area (Å²) in [4.78, 5) is 14.7. The summed E-state index contributed by atoms with van der Waals surface area (Å²) in [6.45, 7) is 4.14. The van der Waals surface area contributed by atoms with Crippen molar-refractivity contribution in [2.24, 2.45) is 0 Å². The van der Waals surface area contributed by atoms with E-state index in [-0.39, 0.29) is 0 Å². The van der Waals surface area contributed by atoms with Crippen LogP contribution in [0.3, 0.4) is 0 Å². The summed E-state index contributed by atoms with van der Waals surface area (Å²) in [6.07, 6.45) is 4.92. The number of aromatic nitrogens is 4. The quantitative estimate of drug-likeness (QED) is 0.592. The fraction of sp³-hybridized carbons (Fsp3) is 0.188. The zero-order valence-electron chi connectivity index (χ0n) is 12.8. The second-order valence-electron chi connectivity index (χ2n) is 5.17. The number of thiazole rings is 2. The molecule has 0 saturated carbocycles. The first-order valence-corrected chi connectivity index (χ1v) is 9.10. The Morgan fingerprint density at radius 2 is 2.13 bits per heavy atom. The van der Waals surface area contributed by atoms with Crippen LogP contribution < -0.4 is 5.32 Å². The lowest BCUT2D eigenvalue weighted by Gasteiger charge is -2.02. The van der Waals surface area contributed by atoms with E-state index in [1.165, 1.54) is 5.56 Å². The van der Waals surface area contributed by atoms with E-state index < -0.39 is 0 Å². The van der Waals surface area contributed by atoms with E-state index in [1.807, 2.05) is 30.8 Å². The lowest BCUT2D eigenvalue weighted by atomic mass is 10.2. The van der Waals surface area contributed by atoms with Crippen LogP contribution in [0.15, 0.2) is 35.3 Å². The largest absolute Gasteiger partial charge is 0.316 e. The van der Waals surface area contributed by atoms with Crippen LogP contribution in [0.4, 0.5) is 10.9 Å². The fourth-order valence-electron chi connectivity index (χ4n) is 2.46. The molecule has 0 spiro atoms. The van der Waals surface area contributed by atoms with Gasteiger partial charge in [0, 0.05) is 23.2 Å². The molecule has 0 bridgehead atoms. The molecule has 4 aromatic heterocycles. The number of pyridine rings is 1. The molecule has 0 radical (unpaired) electrons. The van der Waals surface area contributed by atoms with Crippen LogP contribution >= 0.6 is 22.7 Å². The first-order chi connectivity index (χ1) is 11.2. The van der Waals surface area contributed by atoms with Crippen molar-refractivity contribution in [3.8, 4) is 11.4 Å². The number of hydrogen-bond donors (Lipinski definition) is 1. The molecule has 0 amide bonds. The molecule has 0 aliphatic carbocycles. The minimum absolute atomic E-state index is 0.814. The van der Waals surface area contributed by atoms with Gasteiger partial charge in [-0.25, -0.2) is 15.0 Å². The van der Waals surface area contributed by atoms with Gasteiger partial charge in [-0.15, -0.1) is 22.7 Å². The van der Waals surface area contributed by atoms with Crippen molar-refractivity contribution in [1.82, 2.24) is 19.4 Å². The van der Waals surface area contributed by atoms with E-state index in [0.717, 1.165) is 39.4 Å². The summed E-state index contributed by atoms with van der Waals surface area (Å²) in [5, 5.41) is 8.19. The summed E-state index contributed by atoms with van der Waals surface area (Å²) in [7, 11) is 0. The van der Waals surface area contributed by atoms with Crippen LogP contribution in [0.5, 0.6) is 0 Å². The predicted molar refractivity (Wildman–Crippen MR) is 95.8 cm³/mol. The predicted octanol–water partition coefficient (Wildman–Crippen LogP) is 4.53. The maximum Gasteiger partial charge on any atom is 0.194 e. The third kappa shape index (κ3) is 2.62. The summed E-state index contributed by atoms with van der Waals surface area (Å²) in [5.74, 6) is 0.814. The van der Waals surface area contributed by atoms with E-state index in [9.17, 15) is 0 Å². The highest BCUT2D eigenvalue weighted by molar-refractivity contribution is 7.15. The molecule has 0 atom stereocenters. The Kier molecular flexibility index (Phi) is 3.59. The highest BCUT2D eigenvalue weighted by Crippen LogP contribution is 2.30. The zero-order chi connectivity index (χ0) is 15.8. The molecule has 1 N–H and O–H groups in total. The van der Waals surface area contributed by atoms with E-state index in [2.05, 4.69) is 38.1 Å². The molecule has 0 saturated heterocycles. The summed E-state index contributed by atoms with van der Waals surface area (Å²) >= 11 is 3.20. The monoisotopic (exact) mass is 341 g/mol. The fourth-order valence-corrected chi connectivity index (χ4v) is 3.92. The first-order valence-electron chi connectivity index (χ1n) is 7.34. The molecule has 4 aromatic rings. The summed E-state index contributed by atoms with van der Waals surface area (Å²) < 4.78 is 2.09. The number of anilines is 2. The van der Waals surface area contributed by atoms with E-state index in [4.69, 9.17) is 4.98 Å². The minimum atomic E-state index is 0.814. The van der Waals surface area contributed by atoms with Crippen molar-refractivity contribution in [1.29, 1.82) is 0 Å². The van der Waals surface area contributed by atoms with Crippen LogP contribution in [-0.2, 0) is 6.42 Å². The van der Waals surface area contributed by atoms with Gasteiger partial charge in [0.25, 0.3) is 0 Å². The molecule has 116 valence electrons. The van der Waals surface area contributed by atoms with Crippen LogP contribution in [0.25, 0.3) is 16.3 Å². The van der Waals surface area contributed by atoms with E-state index in [1.54, 1.807) is 22.7 Å². The highest BCUT2D eigenvalue weighted by atomic mass is 32.1. The lowest BCUT2D eigenvalue weighted by Crippen LogP contribution is -1.94. The molecule has 7 heteroatoms. The Labute approximate surface area is 141 Å². The van der Waals surface area contributed by atoms with Crippen molar-refractivity contribution in [3.63, 3.8) is 0 Å². The van der Waals surface area contributed by atoms with Gasteiger partial charge in [-0.1, -0.05) is 13.0 Å². The van der Waals surface area contributed by atoms with Gasteiger partial charge in [-0.05, 0) is 25.0 Å². The normalized spacial score (nSPS) is 11.2. The molecule has 0 aliphatic rings. The molecule has 4 rings (SSSR count). The van der Waals surface area contributed by atoms with Gasteiger partial charge in [0.15, 0.2) is 10.1 Å². The standard InChI is InChI=1S/C16H15N5S2/c1-3-11-4-5-13(17-8-11)20-15-19-12(9-23-15)14-10(2)18-16-21(14)6-7-22-16/h4-9H,3H2,1-2H3,(H,17,19,20). The van der Waals surface area contributed by atoms with Crippen molar-refractivity contribution >= 4 is 38.6 Å². The maximum absolute atomic E-state index is 4.69. The van der Waals surface area contributed by atoms with E-state index >= 15 is 0 Å². The third-order valence-electron chi connectivity index (χ3n) is 3.65. The Morgan fingerprint density at radius 3 is 2.91 bits per heavy atom. The molecular weight excluding hydrogens is 326 g/mol. The van der Waals surface area contributed by atoms with Gasteiger partial charge in [0.05, 0.1) is 11.4 Å².